The van der Waals surface area contributed by atoms with Crippen LogP contribution in [0.4, 0.5) is 8.78 Å². The Morgan fingerprint density at radius 1 is 1.40 bits per heavy atom. The molecule has 1 fully saturated rings. The molecule has 2 rings (SSSR count). The lowest BCUT2D eigenvalue weighted by molar-refractivity contribution is 0.545. The first-order chi connectivity index (χ1) is 7.09. The van der Waals surface area contributed by atoms with Crippen molar-refractivity contribution in [1.29, 1.82) is 0 Å². The SMILES string of the molecule is CC1CC1C(Br)Cc1c(F)cccc1F. The van der Waals surface area contributed by atoms with E-state index in [1.165, 1.54) is 18.2 Å². The van der Waals surface area contributed by atoms with E-state index >= 15 is 0 Å². The molecular weight excluding hydrogens is 262 g/mol. The van der Waals surface area contributed by atoms with E-state index in [9.17, 15) is 8.78 Å². The molecule has 0 heterocycles. The van der Waals surface area contributed by atoms with Gasteiger partial charge in [0.05, 0.1) is 0 Å². The fourth-order valence-corrected chi connectivity index (χ4v) is 2.99. The average Bonchev–Trinajstić information content (AvgIpc) is 2.89. The Balaban J connectivity index is 2.10. The van der Waals surface area contributed by atoms with E-state index in [-0.39, 0.29) is 10.4 Å². The predicted octanol–water partition coefficient (Wildman–Crippen LogP) is 3.93. The molecule has 82 valence electrons. The summed E-state index contributed by atoms with van der Waals surface area (Å²) < 4.78 is 26.7. The van der Waals surface area contributed by atoms with Crippen LogP contribution in [0.1, 0.15) is 18.9 Å². The van der Waals surface area contributed by atoms with Crippen molar-refractivity contribution in [2.24, 2.45) is 11.8 Å². The third-order valence-corrected chi connectivity index (χ3v) is 4.10. The standard InChI is InChI=1S/C12H13BrF2/c1-7-5-8(7)10(13)6-9-11(14)3-2-4-12(9)15/h2-4,7-8,10H,5-6H2,1H3. The summed E-state index contributed by atoms with van der Waals surface area (Å²) in [6.07, 6.45) is 1.60. The molecule has 15 heavy (non-hydrogen) atoms. The maximum Gasteiger partial charge on any atom is 0.129 e. The Labute approximate surface area is 96.8 Å². The van der Waals surface area contributed by atoms with Gasteiger partial charge in [-0.1, -0.05) is 28.9 Å². The van der Waals surface area contributed by atoms with Gasteiger partial charge in [0, 0.05) is 10.4 Å². The third kappa shape index (κ3) is 2.39. The zero-order valence-electron chi connectivity index (χ0n) is 8.51. The Kier molecular flexibility index (Phi) is 3.10. The summed E-state index contributed by atoms with van der Waals surface area (Å²) in [5.41, 5.74) is 0.207. The van der Waals surface area contributed by atoms with Crippen LogP contribution in [-0.4, -0.2) is 4.83 Å². The first kappa shape index (κ1) is 11.1. The van der Waals surface area contributed by atoms with Gasteiger partial charge in [0.1, 0.15) is 11.6 Å². The van der Waals surface area contributed by atoms with Gasteiger partial charge in [-0.3, -0.25) is 0 Å². The molecule has 1 aromatic rings. The van der Waals surface area contributed by atoms with Gasteiger partial charge in [0.25, 0.3) is 0 Å². The molecule has 0 saturated heterocycles. The summed E-state index contributed by atoms with van der Waals surface area (Å²) in [5, 5.41) is 0. The summed E-state index contributed by atoms with van der Waals surface area (Å²) in [5.74, 6) is 0.383. The van der Waals surface area contributed by atoms with Crippen molar-refractivity contribution in [2.75, 3.05) is 0 Å². The first-order valence-electron chi connectivity index (χ1n) is 5.16. The van der Waals surface area contributed by atoms with Crippen molar-refractivity contribution in [3.63, 3.8) is 0 Å². The zero-order valence-corrected chi connectivity index (χ0v) is 10.1. The maximum atomic E-state index is 13.3. The minimum absolute atomic E-state index is 0.193. The topological polar surface area (TPSA) is 0 Å². The van der Waals surface area contributed by atoms with Gasteiger partial charge in [-0.15, -0.1) is 0 Å². The molecule has 0 aromatic heterocycles. The van der Waals surface area contributed by atoms with E-state index < -0.39 is 11.6 Å². The highest BCUT2D eigenvalue weighted by Gasteiger charge is 2.38. The van der Waals surface area contributed by atoms with E-state index in [0.29, 0.717) is 18.3 Å². The van der Waals surface area contributed by atoms with Crippen LogP contribution in [-0.2, 0) is 6.42 Å². The van der Waals surface area contributed by atoms with E-state index in [1.54, 1.807) is 0 Å². The first-order valence-corrected chi connectivity index (χ1v) is 6.08. The lowest BCUT2D eigenvalue weighted by Gasteiger charge is -2.10. The van der Waals surface area contributed by atoms with Gasteiger partial charge in [-0.2, -0.15) is 0 Å². The molecule has 1 aliphatic carbocycles. The summed E-state index contributed by atoms with van der Waals surface area (Å²) in [6, 6.07) is 4.03. The van der Waals surface area contributed by atoms with Gasteiger partial charge < -0.3 is 0 Å². The second-order valence-electron chi connectivity index (χ2n) is 4.30. The summed E-state index contributed by atoms with van der Waals surface area (Å²) in [4.78, 5) is 0.193. The van der Waals surface area contributed by atoms with Crippen molar-refractivity contribution in [3.8, 4) is 0 Å². The van der Waals surface area contributed by atoms with Gasteiger partial charge in [-0.25, -0.2) is 8.78 Å². The van der Waals surface area contributed by atoms with Crippen LogP contribution in [0.2, 0.25) is 0 Å². The van der Waals surface area contributed by atoms with Gasteiger partial charge >= 0.3 is 0 Å². The highest BCUT2D eigenvalue weighted by molar-refractivity contribution is 9.09. The van der Waals surface area contributed by atoms with Crippen LogP contribution in [0.15, 0.2) is 18.2 Å². The van der Waals surface area contributed by atoms with Gasteiger partial charge in [-0.05, 0) is 36.8 Å². The minimum Gasteiger partial charge on any atom is -0.207 e. The van der Waals surface area contributed by atoms with E-state index in [4.69, 9.17) is 0 Å². The number of halogens is 3. The highest BCUT2D eigenvalue weighted by Crippen LogP contribution is 2.44. The Hall–Kier alpha value is -0.440. The fourth-order valence-electron chi connectivity index (χ4n) is 1.93. The van der Waals surface area contributed by atoms with Crippen LogP contribution < -0.4 is 0 Å². The molecule has 0 bridgehead atoms. The molecule has 0 nitrogen and oxygen atoms in total. The molecule has 3 atom stereocenters. The van der Waals surface area contributed by atoms with Gasteiger partial charge in [0.15, 0.2) is 0 Å². The summed E-state index contributed by atoms with van der Waals surface area (Å²) in [6.45, 7) is 2.16. The smallest absolute Gasteiger partial charge is 0.129 e. The Morgan fingerprint density at radius 2 is 1.93 bits per heavy atom. The van der Waals surface area contributed by atoms with Crippen molar-refractivity contribution in [1.82, 2.24) is 0 Å². The molecule has 0 radical (unpaired) electrons. The van der Waals surface area contributed by atoms with Crippen LogP contribution in [0, 0.1) is 23.5 Å². The highest BCUT2D eigenvalue weighted by atomic mass is 79.9. The quantitative estimate of drug-likeness (QED) is 0.733. The lowest BCUT2D eigenvalue weighted by Crippen LogP contribution is -2.09. The van der Waals surface area contributed by atoms with Crippen molar-refractivity contribution in [3.05, 3.63) is 35.4 Å². The lowest BCUT2D eigenvalue weighted by atomic mass is 10.1. The Bertz CT molecular complexity index is 344. The molecule has 0 N–H and O–H groups in total. The van der Waals surface area contributed by atoms with Crippen LogP contribution in [0.5, 0.6) is 0 Å². The minimum atomic E-state index is -0.437. The fraction of sp³-hybridized carbons (Fsp3) is 0.500. The molecular formula is C12H13BrF2. The van der Waals surface area contributed by atoms with Crippen molar-refractivity contribution >= 4 is 15.9 Å². The molecule has 1 aromatic carbocycles. The van der Waals surface area contributed by atoms with Crippen molar-refractivity contribution in [2.45, 2.75) is 24.6 Å². The van der Waals surface area contributed by atoms with E-state index in [2.05, 4.69) is 22.9 Å². The van der Waals surface area contributed by atoms with Crippen LogP contribution >= 0.6 is 15.9 Å². The molecule has 0 amide bonds. The molecule has 0 aliphatic heterocycles. The Morgan fingerprint density at radius 3 is 2.40 bits per heavy atom. The normalized spacial score (nSPS) is 26.4. The molecule has 1 aliphatic rings. The molecule has 3 unspecified atom stereocenters. The number of hydrogen-bond acceptors (Lipinski definition) is 0. The number of benzene rings is 1. The molecule has 1 saturated carbocycles. The monoisotopic (exact) mass is 274 g/mol. The number of rotatable bonds is 3. The number of hydrogen-bond donors (Lipinski definition) is 0. The van der Waals surface area contributed by atoms with Crippen LogP contribution in [0.25, 0.3) is 0 Å². The maximum absolute atomic E-state index is 13.3. The summed E-state index contributed by atoms with van der Waals surface area (Å²) in [7, 11) is 0. The second-order valence-corrected chi connectivity index (χ2v) is 5.47. The van der Waals surface area contributed by atoms with E-state index in [1.807, 2.05) is 0 Å². The van der Waals surface area contributed by atoms with Crippen molar-refractivity contribution < 1.29 is 8.78 Å². The number of alkyl halides is 1. The second kappa shape index (κ2) is 4.20. The third-order valence-electron chi connectivity index (χ3n) is 3.10. The van der Waals surface area contributed by atoms with Gasteiger partial charge in [0.2, 0.25) is 0 Å². The van der Waals surface area contributed by atoms with Crippen LogP contribution in [0.3, 0.4) is 0 Å². The average molecular weight is 275 g/mol. The molecule has 3 heteroatoms. The van der Waals surface area contributed by atoms with E-state index in [0.717, 1.165) is 6.42 Å². The largest absolute Gasteiger partial charge is 0.207 e. The molecule has 0 spiro atoms. The predicted molar refractivity (Wildman–Crippen MR) is 60.0 cm³/mol. The summed E-state index contributed by atoms with van der Waals surface area (Å²) >= 11 is 3.52. The zero-order chi connectivity index (χ0) is 11.0.